The fraction of sp³-hybridized carbons (Fsp3) is 0.286. The number of nitro groups is 1. The number of aromatic nitrogens is 1. The first-order chi connectivity index (χ1) is 15.8. The van der Waals surface area contributed by atoms with E-state index in [-0.39, 0.29) is 30.5 Å². The standard InChI is InChI=1S/C21H20N4O7S/c1-30-15-7-13(8-16(31-2)19(15)32-3)24-10-11(6-18(24)26)20(27)23-21-22-14-5-4-12(25(28)29)9-17(14)33-21/h4-5,7-9,11H,6,10H2,1-3H3,(H,22,23,27). The molecule has 2 amide bonds. The zero-order valence-electron chi connectivity index (χ0n) is 18.0. The van der Waals surface area contributed by atoms with Crippen molar-refractivity contribution >= 4 is 49.9 Å². The SMILES string of the molecule is COc1cc(N2CC(C(=O)Nc3nc4ccc([N+](=O)[O-])cc4s3)CC2=O)cc(OC)c1OC. The fourth-order valence-electron chi connectivity index (χ4n) is 3.64. The van der Waals surface area contributed by atoms with Crippen molar-refractivity contribution < 1.29 is 28.7 Å². The molecule has 12 heteroatoms. The minimum Gasteiger partial charge on any atom is -0.493 e. The highest BCUT2D eigenvalue weighted by molar-refractivity contribution is 7.22. The summed E-state index contributed by atoms with van der Waals surface area (Å²) in [6.45, 7) is 0.166. The van der Waals surface area contributed by atoms with Crippen molar-refractivity contribution in [3.8, 4) is 17.2 Å². The second-order valence-electron chi connectivity index (χ2n) is 7.21. The Kier molecular flexibility index (Phi) is 6.01. The predicted octanol–water partition coefficient (Wildman–Crippen LogP) is 3.22. The van der Waals surface area contributed by atoms with E-state index in [2.05, 4.69) is 10.3 Å². The monoisotopic (exact) mass is 472 g/mol. The second kappa shape index (κ2) is 8.90. The molecule has 1 aromatic heterocycles. The molecule has 1 aliphatic heterocycles. The van der Waals surface area contributed by atoms with Gasteiger partial charge in [-0.15, -0.1) is 0 Å². The number of hydrogen-bond donors (Lipinski definition) is 1. The zero-order chi connectivity index (χ0) is 23.7. The van der Waals surface area contributed by atoms with E-state index in [1.54, 1.807) is 12.1 Å². The number of benzene rings is 2. The third-order valence-electron chi connectivity index (χ3n) is 5.27. The highest BCUT2D eigenvalue weighted by Gasteiger charge is 2.36. The average Bonchev–Trinajstić information content (AvgIpc) is 3.39. The molecule has 4 rings (SSSR count). The van der Waals surface area contributed by atoms with Crippen molar-refractivity contribution in [1.82, 2.24) is 4.98 Å². The molecular weight excluding hydrogens is 452 g/mol. The summed E-state index contributed by atoms with van der Waals surface area (Å²) in [5, 5.41) is 14.0. The van der Waals surface area contributed by atoms with E-state index in [0.29, 0.717) is 38.3 Å². The number of nitrogens with one attached hydrogen (secondary N) is 1. The first-order valence-electron chi connectivity index (χ1n) is 9.80. The molecule has 1 fully saturated rings. The molecule has 0 aliphatic carbocycles. The molecule has 3 aromatic rings. The first kappa shape index (κ1) is 22.3. The maximum Gasteiger partial charge on any atom is 0.270 e. The van der Waals surface area contributed by atoms with Gasteiger partial charge in [-0.3, -0.25) is 19.7 Å². The van der Waals surface area contributed by atoms with Crippen molar-refractivity contribution in [1.29, 1.82) is 0 Å². The zero-order valence-corrected chi connectivity index (χ0v) is 18.8. The molecule has 1 unspecified atom stereocenters. The predicted molar refractivity (Wildman–Crippen MR) is 121 cm³/mol. The van der Waals surface area contributed by atoms with Crippen molar-refractivity contribution in [3.63, 3.8) is 0 Å². The van der Waals surface area contributed by atoms with Crippen LogP contribution in [0.5, 0.6) is 17.2 Å². The molecule has 1 atom stereocenters. The number of non-ortho nitro benzene ring substituents is 1. The second-order valence-corrected chi connectivity index (χ2v) is 8.24. The van der Waals surface area contributed by atoms with Crippen LogP contribution in [0.1, 0.15) is 6.42 Å². The molecule has 1 aliphatic rings. The average molecular weight is 472 g/mol. The van der Waals surface area contributed by atoms with Gasteiger partial charge in [-0.1, -0.05) is 11.3 Å². The number of ether oxygens (including phenoxy) is 3. The number of nitro benzene ring substituents is 1. The number of hydrogen-bond acceptors (Lipinski definition) is 9. The third kappa shape index (κ3) is 4.24. The normalized spacial score (nSPS) is 15.5. The highest BCUT2D eigenvalue weighted by Crippen LogP contribution is 2.42. The molecule has 2 heterocycles. The summed E-state index contributed by atoms with van der Waals surface area (Å²) in [5.41, 5.74) is 1.02. The van der Waals surface area contributed by atoms with Crippen molar-refractivity contribution in [2.75, 3.05) is 38.1 Å². The van der Waals surface area contributed by atoms with Gasteiger partial charge in [0, 0.05) is 37.2 Å². The summed E-state index contributed by atoms with van der Waals surface area (Å²) < 4.78 is 16.6. The van der Waals surface area contributed by atoms with E-state index >= 15 is 0 Å². The van der Waals surface area contributed by atoms with Gasteiger partial charge < -0.3 is 24.4 Å². The summed E-state index contributed by atoms with van der Waals surface area (Å²) in [6.07, 6.45) is 0.0266. The number of rotatable bonds is 7. The van der Waals surface area contributed by atoms with E-state index < -0.39 is 10.8 Å². The van der Waals surface area contributed by atoms with Gasteiger partial charge in [-0.05, 0) is 6.07 Å². The molecule has 0 saturated carbocycles. The van der Waals surface area contributed by atoms with Gasteiger partial charge in [0.15, 0.2) is 16.6 Å². The van der Waals surface area contributed by atoms with Crippen LogP contribution >= 0.6 is 11.3 Å². The Labute approximate surface area is 192 Å². The van der Waals surface area contributed by atoms with Gasteiger partial charge in [0.1, 0.15) is 0 Å². The Bertz CT molecular complexity index is 1230. The molecule has 2 aromatic carbocycles. The lowest BCUT2D eigenvalue weighted by molar-refractivity contribution is -0.384. The van der Waals surface area contributed by atoms with Crippen LogP contribution in [0, 0.1) is 16.0 Å². The van der Waals surface area contributed by atoms with E-state index in [4.69, 9.17) is 14.2 Å². The fourth-order valence-corrected chi connectivity index (χ4v) is 4.55. The summed E-state index contributed by atoms with van der Waals surface area (Å²) in [5.74, 6) is 0.0298. The minimum atomic E-state index is -0.599. The van der Waals surface area contributed by atoms with Gasteiger partial charge in [0.25, 0.3) is 5.69 Å². The van der Waals surface area contributed by atoms with Gasteiger partial charge in [0.05, 0.1) is 48.1 Å². The van der Waals surface area contributed by atoms with Crippen LogP contribution < -0.4 is 24.4 Å². The van der Waals surface area contributed by atoms with Gasteiger partial charge in [-0.2, -0.15) is 0 Å². The Balaban J connectivity index is 1.52. The number of anilines is 2. The molecule has 0 spiro atoms. The maximum atomic E-state index is 12.8. The van der Waals surface area contributed by atoms with Crippen LogP contribution in [0.15, 0.2) is 30.3 Å². The van der Waals surface area contributed by atoms with Crippen molar-refractivity contribution in [2.24, 2.45) is 5.92 Å². The molecule has 0 radical (unpaired) electrons. The molecular formula is C21H20N4O7S. The maximum absolute atomic E-state index is 12.8. The van der Waals surface area contributed by atoms with Gasteiger partial charge in [-0.25, -0.2) is 4.98 Å². The molecule has 0 bridgehead atoms. The van der Waals surface area contributed by atoms with Crippen molar-refractivity contribution in [3.05, 3.63) is 40.4 Å². The summed E-state index contributed by atoms with van der Waals surface area (Å²) in [4.78, 5) is 41.8. The third-order valence-corrected chi connectivity index (χ3v) is 6.20. The Morgan fingerprint density at radius 1 is 1.18 bits per heavy atom. The lowest BCUT2D eigenvalue weighted by Crippen LogP contribution is -2.28. The Morgan fingerprint density at radius 3 is 2.48 bits per heavy atom. The van der Waals surface area contributed by atoms with E-state index in [0.717, 1.165) is 11.3 Å². The number of nitrogens with zero attached hydrogens (tertiary/aromatic N) is 3. The summed E-state index contributed by atoms with van der Waals surface area (Å²) in [7, 11) is 4.45. The number of carbonyl (C=O) groups excluding carboxylic acids is 2. The van der Waals surface area contributed by atoms with Crippen LogP contribution in [-0.4, -0.2) is 49.6 Å². The largest absolute Gasteiger partial charge is 0.493 e. The lowest BCUT2D eigenvalue weighted by atomic mass is 10.1. The number of carbonyl (C=O) groups is 2. The van der Waals surface area contributed by atoms with Crippen LogP contribution in [0.25, 0.3) is 10.2 Å². The van der Waals surface area contributed by atoms with E-state index in [1.165, 1.54) is 44.4 Å². The lowest BCUT2D eigenvalue weighted by Gasteiger charge is -2.20. The van der Waals surface area contributed by atoms with Gasteiger partial charge in [0.2, 0.25) is 17.6 Å². The molecule has 1 N–H and O–H groups in total. The quantitative estimate of drug-likeness (QED) is 0.409. The van der Waals surface area contributed by atoms with Crippen LogP contribution in [0.4, 0.5) is 16.5 Å². The Hall–Kier alpha value is -3.93. The number of methoxy groups -OCH3 is 3. The van der Waals surface area contributed by atoms with Gasteiger partial charge >= 0.3 is 0 Å². The van der Waals surface area contributed by atoms with Crippen LogP contribution in [0.2, 0.25) is 0 Å². The summed E-state index contributed by atoms with van der Waals surface area (Å²) >= 11 is 1.13. The summed E-state index contributed by atoms with van der Waals surface area (Å²) in [6, 6.07) is 7.61. The molecule has 11 nitrogen and oxygen atoms in total. The number of amides is 2. The first-order valence-corrected chi connectivity index (χ1v) is 10.6. The van der Waals surface area contributed by atoms with E-state index in [9.17, 15) is 19.7 Å². The number of thiazole rings is 1. The molecule has 172 valence electrons. The highest BCUT2D eigenvalue weighted by atomic mass is 32.1. The Morgan fingerprint density at radius 2 is 1.88 bits per heavy atom. The van der Waals surface area contributed by atoms with E-state index in [1.807, 2.05) is 0 Å². The topological polar surface area (TPSA) is 133 Å². The van der Waals surface area contributed by atoms with Crippen molar-refractivity contribution in [2.45, 2.75) is 6.42 Å². The van der Waals surface area contributed by atoms with Crippen LogP contribution in [-0.2, 0) is 9.59 Å². The minimum absolute atomic E-state index is 0.0266. The molecule has 1 saturated heterocycles. The number of fused-ring (bicyclic) bond motifs is 1. The van der Waals surface area contributed by atoms with Crippen LogP contribution in [0.3, 0.4) is 0 Å². The smallest absolute Gasteiger partial charge is 0.270 e. The molecule has 33 heavy (non-hydrogen) atoms.